The minimum absolute atomic E-state index is 0. The summed E-state index contributed by atoms with van der Waals surface area (Å²) in [5.41, 5.74) is 1.13. The van der Waals surface area contributed by atoms with E-state index < -0.39 is 0 Å². The topological polar surface area (TPSA) is 52.7 Å². The van der Waals surface area contributed by atoms with Crippen LogP contribution in [-0.4, -0.2) is 54.3 Å². The van der Waals surface area contributed by atoms with Crippen LogP contribution < -0.4 is 5.32 Å². The number of rotatable bonds is 4. The van der Waals surface area contributed by atoms with Gasteiger partial charge in [0.05, 0.1) is 6.04 Å². The van der Waals surface area contributed by atoms with E-state index in [4.69, 9.17) is 11.6 Å². The van der Waals surface area contributed by atoms with Gasteiger partial charge in [-0.25, -0.2) is 0 Å². The Morgan fingerprint density at radius 2 is 1.88 bits per heavy atom. The lowest BCUT2D eigenvalue weighted by Crippen LogP contribution is -2.49. The molecule has 0 radical (unpaired) electrons. The van der Waals surface area contributed by atoms with Gasteiger partial charge in [0.25, 0.3) is 0 Å². The second-order valence-electron chi connectivity index (χ2n) is 7.39. The fraction of sp³-hybridized carbons (Fsp3) is 0.579. The van der Waals surface area contributed by atoms with E-state index >= 15 is 0 Å². The van der Waals surface area contributed by atoms with Gasteiger partial charge in [0, 0.05) is 43.0 Å². The number of benzene rings is 1. The molecule has 2 amide bonds. The van der Waals surface area contributed by atoms with Crippen LogP contribution in [0.1, 0.15) is 31.7 Å². The highest BCUT2D eigenvalue weighted by Crippen LogP contribution is 2.41. The zero-order chi connectivity index (χ0) is 18.0. The van der Waals surface area contributed by atoms with Crippen LogP contribution in [-0.2, 0) is 16.1 Å². The van der Waals surface area contributed by atoms with Crippen LogP contribution in [0.3, 0.4) is 0 Å². The van der Waals surface area contributed by atoms with Crippen molar-refractivity contribution in [3.8, 4) is 0 Å². The molecule has 7 heteroatoms. The third-order valence-electron chi connectivity index (χ3n) is 5.63. The largest absolute Gasteiger partial charge is 0.341 e. The maximum Gasteiger partial charge on any atom is 0.239 e. The van der Waals surface area contributed by atoms with Crippen LogP contribution >= 0.6 is 24.0 Å². The summed E-state index contributed by atoms with van der Waals surface area (Å²) in [6.45, 7) is 4.80. The summed E-state index contributed by atoms with van der Waals surface area (Å²) in [7, 11) is 1.80. The summed E-state index contributed by atoms with van der Waals surface area (Å²) in [6, 6.07) is 7.52. The van der Waals surface area contributed by atoms with Gasteiger partial charge in [-0.15, -0.1) is 12.4 Å². The smallest absolute Gasteiger partial charge is 0.239 e. The van der Waals surface area contributed by atoms with Crippen LogP contribution in [0.15, 0.2) is 24.3 Å². The van der Waals surface area contributed by atoms with E-state index in [0.29, 0.717) is 18.0 Å². The molecule has 1 N–H and O–H groups in total. The van der Waals surface area contributed by atoms with Gasteiger partial charge >= 0.3 is 0 Å². The monoisotopic (exact) mass is 399 g/mol. The average Bonchev–Trinajstić information content (AvgIpc) is 2.91. The van der Waals surface area contributed by atoms with Crippen LogP contribution in [0.4, 0.5) is 0 Å². The Hall–Kier alpha value is -1.30. The third-order valence-corrected chi connectivity index (χ3v) is 5.88. The van der Waals surface area contributed by atoms with Crippen molar-refractivity contribution in [1.29, 1.82) is 0 Å². The zero-order valence-corrected chi connectivity index (χ0v) is 16.9. The molecule has 144 valence electrons. The Bertz CT molecular complexity index is 643. The first-order valence-corrected chi connectivity index (χ1v) is 9.28. The van der Waals surface area contributed by atoms with E-state index in [0.717, 1.165) is 38.0 Å². The highest BCUT2D eigenvalue weighted by Gasteiger charge is 2.45. The predicted octanol–water partition coefficient (Wildman–Crippen LogP) is 2.71. The number of hydrogen-bond donors (Lipinski definition) is 1. The molecule has 2 aliphatic rings. The Balaban J connectivity index is 0.00000243. The Morgan fingerprint density at radius 1 is 1.27 bits per heavy atom. The van der Waals surface area contributed by atoms with Crippen molar-refractivity contribution in [1.82, 2.24) is 15.1 Å². The molecule has 2 saturated heterocycles. The molecule has 3 rings (SSSR count). The first-order chi connectivity index (χ1) is 11.9. The molecule has 26 heavy (non-hydrogen) atoms. The maximum atomic E-state index is 12.5. The molecule has 1 spiro atoms. The van der Waals surface area contributed by atoms with Crippen LogP contribution in [0.25, 0.3) is 0 Å². The fourth-order valence-corrected chi connectivity index (χ4v) is 4.00. The Labute approximate surface area is 166 Å². The molecule has 1 aromatic carbocycles. The number of nitrogens with one attached hydrogen (secondary N) is 1. The van der Waals surface area contributed by atoms with E-state index in [1.807, 2.05) is 41.0 Å². The molecule has 0 saturated carbocycles. The number of halogens is 2. The molecule has 5 nitrogen and oxygen atoms in total. The maximum absolute atomic E-state index is 12.5. The first kappa shape index (κ1) is 21.0. The minimum Gasteiger partial charge on any atom is -0.341 e. The summed E-state index contributed by atoms with van der Waals surface area (Å²) in [4.78, 5) is 28.7. The second-order valence-corrected chi connectivity index (χ2v) is 7.83. The number of likely N-dealkylation sites (tertiary alicyclic amines) is 2. The van der Waals surface area contributed by atoms with E-state index in [9.17, 15) is 9.59 Å². The SMILES string of the molecule is CN[C@@H](C)C(=O)N1CCC2(CC1)CC(=O)N(Cc1ccc(Cl)cc1)C2.Cl. The second kappa shape index (κ2) is 8.59. The van der Waals surface area contributed by atoms with E-state index in [-0.39, 0.29) is 35.7 Å². The van der Waals surface area contributed by atoms with E-state index in [1.165, 1.54) is 0 Å². The zero-order valence-electron chi connectivity index (χ0n) is 15.3. The van der Waals surface area contributed by atoms with Crippen molar-refractivity contribution in [2.24, 2.45) is 5.41 Å². The minimum atomic E-state index is -0.152. The summed E-state index contributed by atoms with van der Waals surface area (Å²) in [5.74, 6) is 0.373. The van der Waals surface area contributed by atoms with Gasteiger partial charge in [0.1, 0.15) is 0 Å². The third kappa shape index (κ3) is 4.51. The highest BCUT2D eigenvalue weighted by molar-refractivity contribution is 6.30. The normalized spacial score (nSPS) is 20.2. The van der Waals surface area contributed by atoms with Gasteiger partial charge in [-0.05, 0) is 44.5 Å². The molecule has 1 atom stereocenters. The number of piperidine rings is 1. The van der Waals surface area contributed by atoms with Crippen molar-refractivity contribution in [2.45, 2.75) is 38.8 Å². The standard InChI is InChI=1S/C19H26ClN3O2.ClH/c1-14(21-2)18(25)22-9-7-19(8-10-22)11-17(24)23(13-19)12-15-3-5-16(20)6-4-15;/h3-6,14,21H,7-13H2,1-2H3;1H/t14-;/m0./s1. The van der Waals surface area contributed by atoms with Crippen LogP contribution in [0.5, 0.6) is 0 Å². The Morgan fingerprint density at radius 3 is 2.46 bits per heavy atom. The Kier molecular flexibility index (Phi) is 6.94. The number of amides is 2. The molecule has 2 aliphatic heterocycles. The molecular weight excluding hydrogens is 373 g/mol. The van der Waals surface area contributed by atoms with Gasteiger partial charge in [-0.1, -0.05) is 23.7 Å². The van der Waals surface area contributed by atoms with E-state index in [2.05, 4.69) is 5.32 Å². The lowest BCUT2D eigenvalue weighted by molar-refractivity contribution is -0.135. The highest BCUT2D eigenvalue weighted by atomic mass is 35.5. The molecule has 1 aromatic rings. The predicted molar refractivity (Wildman–Crippen MR) is 106 cm³/mol. The van der Waals surface area contributed by atoms with Gasteiger partial charge in [-0.3, -0.25) is 9.59 Å². The molecule has 0 bridgehead atoms. The quantitative estimate of drug-likeness (QED) is 0.846. The molecule has 2 heterocycles. The van der Waals surface area contributed by atoms with Crippen molar-refractivity contribution >= 4 is 35.8 Å². The number of likely N-dealkylation sites (N-methyl/N-ethyl adjacent to an activating group) is 1. The summed E-state index contributed by atoms with van der Waals surface area (Å²) in [6.07, 6.45) is 2.40. The molecule has 0 aromatic heterocycles. The lowest BCUT2D eigenvalue weighted by Gasteiger charge is -2.39. The van der Waals surface area contributed by atoms with Crippen molar-refractivity contribution in [3.63, 3.8) is 0 Å². The fourth-order valence-electron chi connectivity index (χ4n) is 3.87. The van der Waals surface area contributed by atoms with Crippen LogP contribution in [0, 0.1) is 5.41 Å². The number of carbonyl (C=O) groups is 2. The van der Waals surface area contributed by atoms with Gasteiger partial charge in [0.15, 0.2) is 0 Å². The average molecular weight is 400 g/mol. The van der Waals surface area contributed by atoms with Crippen molar-refractivity contribution in [3.05, 3.63) is 34.9 Å². The molecule has 0 unspecified atom stereocenters. The summed E-state index contributed by atoms with van der Waals surface area (Å²) < 4.78 is 0. The lowest BCUT2D eigenvalue weighted by atomic mass is 9.77. The molecule has 0 aliphatic carbocycles. The molecule has 2 fully saturated rings. The van der Waals surface area contributed by atoms with Gasteiger partial charge in [-0.2, -0.15) is 0 Å². The molecular formula is C19H27Cl2N3O2. The van der Waals surface area contributed by atoms with Crippen LogP contribution in [0.2, 0.25) is 5.02 Å². The number of hydrogen-bond acceptors (Lipinski definition) is 3. The number of nitrogens with zero attached hydrogens (tertiary/aromatic N) is 2. The van der Waals surface area contributed by atoms with Gasteiger partial charge in [0.2, 0.25) is 11.8 Å². The van der Waals surface area contributed by atoms with Crippen molar-refractivity contribution in [2.75, 3.05) is 26.7 Å². The van der Waals surface area contributed by atoms with Crippen molar-refractivity contribution < 1.29 is 9.59 Å². The summed E-state index contributed by atoms with van der Waals surface area (Å²) in [5, 5.41) is 3.71. The van der Waals surface area contributed by atoms with Gasteiger partial charge < -0.3 is 15.1 Å². The summed E-state index contributed by atoms with van der Waals surface area (Å²) >= 11 is 5.93. The number of carbonyl (C=O) groups excluding carboxylic acids is 2. The van der Waals surface area contributed by atoms with E-state index in [1.54, 1.807) is 7.05 Å². The first-order valence-electron chi connectivity index (χ1n) is 8.91.